The quantitative estimate of drug-likeness (QED) is 0.287. The second-order valence-electron chi connectivity index (χ2n) is 8.68. The number of amides is 1. The fraction of sp³-hybridized carbons (Fsp3) is 0.259. The number of thiophene rings is 1. The van der Waals surface area contributed by atoms with Crippen LogP contribution in [0.2, 0.25) is 0 Å². The van der Waals surface area contributed by atoms with E-state index in [0.717, 1.165) is 48.1 Å². The number of carbonyl (C=O) groups is 1. The molecule has 1 aliphatic carbocycles. The van der Waals surface area contributed by atoms with Crippen molar-refractivity contribution in [2.45, 2.75) is 44.7 Å². The molecule has 0 atom stereocenters. The molecule has 5 rings (SSSR count). The third-order valence-electron chi connectivity index (χ3n) is 6.36. The van der Waals surface area contributed by atoms with E-state index >= 15 is 0 Å². The Hall–Kier alpha value is -3.41. The summed E-state index contributed by atoms with van der Waals surface area (Å²) in [6, 6.07) is 15.4. The Bertz CT molecular complexity index is 1560. The first kappa shape index (κ1) is 23.3. The van der Waals surface area contributed by atoms with Gasteiger partial charge in [-0.2, -0.15) is 5.26 Å². The summed E-state index contributed by atoms with van der Waals surface area (Å²) in [6.45, 7) is 4.03. The summed E-state index contributed by atoms with van der Waals surface area (Å²) in [7, 11) is 0. The summed E-state index contributed by atoms with van der Waals surface area (Å²) in [5, 5.41) is 14.2. The number of benzene rings is 2. The van der Waals surface area contributed by atoms with Gasteiger partial charge in [-0.1, -0.05) is 30.0 Å². The molecule has 0 unspecified atom stereocenters. The van der Waals surface area contributed by atoms with Gasteiger partial charge in [-0.15, -0.1) is 11.3 Å². The number of nitrogens with zero attached hydrogens (tertiary/aromatic N) is 3. The molecule has 0 aliphatic heterocycles. The van der Waals surface area contributed by atoms with E-state index in [2.05, 4.69) is 11.4 Å². The molecule has 1 N–H and O–H groups in total. The van der Waals surface area contributed by atoms with Crippen LogP contribution in [0.5, 0.6) is 0 Å². The van der Waals surface area contributed by atoms with Gasteiger partial charge >= 0.3 is 0 Å². The van der Waals surface area contributed by atoms with Gasteiger partial charge in [-0.3, -0.25) is 14.2 Å². The van der Waals surface area contributed by atoms with Crippen molar-refractivity contribution in [1.29, 1.82) is 5.26 Å². The summed E-state index contributed by atoms with van der Waals surface area (Å²) in [5.74, 6) is -0.151. The van der Waals surface area contributed by atoms with Crippen LogP contribution in [0, 0.1) is 25.2 Å². The molecule has 0 saturated carbocycles. The number of hydrogen-bond acceptors (Lipinski definition) is 6. The number of thioether (sulfide) groups is 1. The number of nitrogens with one attached hydrogen (secondary N) is 1. The first-order valence-corrected chi connectivity index (χ1v) is 13.3. The van der Waals surface area contributed by atoms with E-state index in [-0.39, 0.29) is 17.2 Å². The van der Waals surface area contributed by atoms with Gasteiger partial charge in [0.1, 0.15) is 11.1 Å². The van der Waals surface area contributed by atoms with E-state index in [0.29, 0.717) is 26.6 Å². The van der Waals surface area contributed by atoms with Gasteiger partial charge < -0.3 is 5.32 Å². The van der Waals surface area contributed by atoms with Crippen LogP contribution >= 0.6 is 23.1 Å². The molecule has 0 spiro atoms. The average molecular weight is 501 g/mol. The summed E-state index contributed by atoms with van der Waals surface area (Å²) in [6.07, 6.45) is 4.04. The normalized spacial score (nSPS) is 12.8. The monoisotopic (exact) mass is 500 g/mol. The summed E-state index contributed by atoms with van der Waals surface area (Å²) in [5.41, 5.74) is 5.04. The molecule has 0 radical (unpaired) electrons. The van der Waals surface area contributed by atoms with Gasteiger partial charge in [0.05, 0.1) is 27.9 Å². The fourth-order valence-electron chi connectivity index (χ4n) is 4.37. The Balaban J connectivity index is 1.46. The molecule has 6 nitrogen and oxygen atoms in total. The van der Waals surface area contributed by atoms with Gasteiger partial charge in [-0.25, -0.2) is 4.98 Å². The van der Waals surface area contributed by atoms with Crippen LogP contribution in [0.1, 0.15) is 40.0 Å². The molecular weight excluding hydrogens is 476 g/mol. The van der Waals surface area contributed by atoms with Crippen LogP contribution in [0.15, 0.2) is 52.4 Å². The van der Waals surface area contributed by atoms with Crippen LogP contribution in [0.4, 0.5) is 5.00 Å². The van der Waals surface area contributed by atoms with Crippen molar-refractivity contribution < 1.29 is 4.79 Å². The Morgan fingerprint density at radius 2 is 1.97 bits per heavy atom. The smallest absolute Gasteiger partial charge is 0.266 e. The molecule has 0 saturated heterocycles. The van der Waals surface area contributed by atoms with E-state index in [9.17, 15) is 14.9 Å². The topological polar surface area (TPSA) is 87.8 Å². The highest BCUT2D eigenvalue weighted by molar-refractivity contribution is 7.99. The second-order valence-corrected chi connectivity index (χ2v) is 10.7. The SMILES string of the molecule is Cc1ccc(-n2c(SCC(=O)Nc3sc4c(c3C#N)CCCC4)nc3ccccc3c2=O)cc1C. The summed E-state index contributed by atoms with van der Waals surface area (Å²) >= 11 is 2.73. The summed E-state index contributed by atoms with van der Waals surface area (Å²) < 4.78 is 1.58. The van der Waals surface area contributed by atoms with Crippen LogP contribution in [-0.2, 0) is 17.6 Å². The van der Waals surface area contributed by atoms with Gasteiger partial charge in [-0.05, 0) is 80.5 Å². The molecule has 176 valence electrons. The fourth-order valence-corrected chi connectivity index (χ4v) is 6.44. The zero-order chi connectivity index (χ0) is 24.5. The number of fused-ring (bicyclic) bond motifs is 2. The minimum Gasteiger partial charge on any atom is -0.316 e. The van der Waals surface area contributed by atoms with Gasteiger partial charge in [0.25, 0.3) is 5.56 Å². The van der Waals surface area contributed by atoms with E-state index in [1.165, 1.54) is 28.0 Å². The standard InChI is InChI=1S/C27H24N4O2S2/c1-16-11-12-18(13-17(16)2)31-26(33)20-8-3-5-9-22(20)29-27(31)34-15-24(32)30-25-21(14-28)19-7-4-6-10-23(19)35-25/h3,5,8-9,11-13H,4,6-7,10,15H2,1-2H3,(H,30,32). The lowest BCUT2D eigenvalue weighted by molar-refractivity contribution is -0.113. The number of carbonyl (C=O) groups excluding carboxylic acids is 1. The highest BCUT2D eigenvalue weighted by atomic mass is 32.2. The molecule has 1 amide bonds. The molecule has 2 aromatic heterocycles. The zero-order valence-electron chi connectivity index (χ0n) is 19.6. The molecule has 2 aromatic carbocycles. The Morgan fingerprint density at radius 3 is 2.77 bits per heavy atom. The largest absolute Gasteiger partial charge is 0.316 e. The molecule has 4 aromatic rings. The summed E-state index contributed by atoms with van der Waals surface area (Å²) in [4.78, 5) is 32.3. The van der Waals surface area contributed by atoms with Crippen molar-refractivity contribution in [3.8, 4) is 11.8 Å². The minimum absolute atomic E-state index is 0.0725. The number of rotatable bonds is 5. The third kappa shape index (κ3) is 4.49. The van der Waals surface area contributed by atoms with Crippen LogP contribution < -0.4 is 10.9 Å². The lowest BCUT2D eigenvalue weighted by Crippen LogP contribution is -2.23. The minimum atomic E-state index is -0.223. The maximum absolute atomic E-state index is 13.5. The predicted molar refractivity (Wildman–Crippen MR) is 142 cm³/mol. The molecule has 35 heavy (non-hydrogen) atoms. The second kappa shape index (κ2) is 9.68. The van der Waals surface area contributed by atoms with Crippen molar-refractivity contribution in [3.05, 3.63) is 79.9 Å². The van der Waals surface area contributed by atoms with Gasteiger partial charge in [0, 0.05) is 4.88 Å². The molecule has 0 fully saturated rings. The van der Waals surface area contributed by atoms with Crippen molar-refractivity contribution in [3.63, 3.8) is 0 Å². The number of aromatic nitrogens is 2. The van der Waals surface area contributed by atoms with Crippen LogP contribution in [0.3, 0.4) is 0 Å². The maximum Gasteiger partial charge on any atom is 0.266 e. The van der Waals surface area contributed by atoms with Crippen molar-refractivity contribution in [1.82, 2.24) is 9.55 Å². The first-order valence-electron chi connectivity index (χ1n) is 11.5. The number of hydrogen-bond donors (Lipinski definition) is 1. The molecule has 0 bridgehead atoms. The number of anilines is 1. The van der Waals surface area contributed by atoms with E-state index < -0.39 is 0 Å². The van der Waals surface area contributed by atoms with E-state index in [4.69, 9.17) is 4.98 Å². The predicted octanol–water partition coefficient (Wildman–Crippen LogP) is 5.55. The number of para-hydroxylation sites is 1. The van der Waals surface area contributed by atoms with Crippen LogP contribution in [0.25, 0.3) is 16.6 Å². The van der Waals surface area contributed by atoms with Gasteiger partial charge in [0.15, 0.2) is 5.16 Å². The highest BCUT2D eigenvalue weighted by Gasteiger charge is 2.22. The van der Waals surface area contributed by atoms with Gasteiger partial charge in [0.2, 0.25) is 5.91 Å². The molecule has 1 aliphatic rings. The Labute approximate surface area is 211 Å². The molecule has 8 heteroatoms. The van der Waals surface area contributed by atoms with Crippen molar-refractivity contribution >= 4 is 44.9 Å². The van der Waals surface area contributed by atoms with Crippen LogP contribution in [-0.4, -0.2) is 21.2 Å². The van der Waals surface area contributed by atoms with E-state index in [1.54, 1.807) is 16.7 Å². The zero-order valence-corrected chi connectivity index (χ0v) is 21.2. The average Bonchev–Trinajstić information content (AvgIpc) is 3.21. The maximum atomic E-state index is 13.5. The number of nitriles is 1. The first-order chi connectivity index (χ1) is 17.0. The molecule has 2 heterocycles. The van der Waals surface area contributed by atoms with E-state index in [1.807, 2.05) is 44.2 Å². The highest BCUT2D eigenvalue weighted by Crippen LogP contribution is 2.37. The number of aryl methyl sites for hydroxylation is 3. The lowest BCUT2D eigenvalue weighted by atomic mass is 9.96. The van der Waals surface area contributed by atoms with Crippen molar-refractivity contribution in [2.24, 2.45) is 0 Å². The molecular formula is C27H24N4O2S2. The third-order valence-corrected chi connectivity index (χ3v) is 8.51. The lowest BCUT2D eigenvalue weighted by Gasteiger charge is -2.14. The van der Waals surface area contributed by atoms with Crippen molar-refractivity contribution in [2.75, 3.05) is 11.1 Å². The Kier molecular flexibility index (Phi) is 6.46. The Morgan fingerprint density at radius 1 is 1.17 bits per heavy atom.